The first-order valence-electron chi connectivity index (χ1n) is 6.44. The third kappa shape index (κ3) is 2.86. The number of nitro groups is 1. The molecule has 18 heavy (non-hydrogen) atoms. The lowest BCUT2D eigenvalue weighted by Gasteiger charge is -2.27. The zero-order valence-corrected chi connectivity index (χ0v) is 10.3. The lowest BCUT2D eigenvalue weighted by molar-refractivity contribution is -0.397. The number of halogens is 1. The summed E-state index contributed by atoms with van der Waals surface area (Å²) in [5, 5.41) is 10.8. The fraction of sp³-hybridized carbons (Fsp3) is 0.750. The van der Waals surface area contributed by atoms with E-state index in [0.29, 0.717) is 12.5 Å². The largest absolute Gasteiger partial charge is 0.434 e. The number of hydrogen-bond acceptors (Lipinski definition) is 3. The van der Waals surface area contributed by atoms with Gasteiger partial charge in [0.2, 0.25) is 0 Å². The molecule has 0 amide bonds. The van der Waals surface area contributed by atoms with Crippen LogP contribution in [0, 0.1) is 22.0 Å². The molecule has 1 unspecified atom stereocenters. The van der Waals surface area contributed by atoms with Gasteiger partial charge in [-0.05, 0) is 23.7 Å². The highest BCUT2D eigenvalue weighted by Crippen LogP contribution is 2.31. The average molecular weight is 255 g/mol. The zero-order chi connectivity index (χ0) is 13.0. The zero-order valence-electron chi connectivity index (χ0n) is 10.3. The van der Waals surface area contributed by atoms with Crippen molar-refractivity contribution in [3.05, 3.63) is 22.5 Å². The van der Waals surface area contributed by atoms with E-state index in [-0.39, 0.29) is 11.9 Å². The molecular formula is C12H18FN3O2. The Kier molecular flexibility index (Phi) is 4.28. The van der Waals surface area contributed by atoms with Crippen LogP contribution in [-0.4, -0.2) is 21.1 Å². The number of imidazole rings is 1. The predicted molar refractivity (Wildman–Crippen MR) is 64.9 cm³/mol. The fourth-order valence-electron chi connectivity index (χ4n) is 2.80. The highest BCUT2D eigenvalue weighted by atomic mass is 19.1. The van der Waals surface area contributed by atoms with Crippen molar-refractivity contribution in [2.45, 2.75) is 38.6 Å². The topological polar surface area (TPSA) is 61.0 Å². The molecular weight excluding hydrogens is 237 g/mol. The number of aromatic nitrogens is 2. The van der Waals surface area contributed by atoms with Gasteiger partial charge in [-0.1, -0.05) is 24.2 Å². The number of nitrogens with zero attached hydrogens (tertiary/aromatic N) is 3. The Balaban J connectivity index is 2.04. The van der Waals surface area contributed by atoms with E-state index in [4.69, 9.17) is 0 Å². The molecule has 0 aromatic carbocycles. The number of alkyl halides is 1. The van der Waals surface area contributed by atoms with Gasteiger partial charge in [0.05, 0.1) is 13.2 Å². The molecule has 0 radical (unpaired) electrons. The molecule has 0 aliphatic heterocycles. The second kappa shape index (κ2) is 5.93. The van der Waals surface area contributed by atoms with Gasteiger partial charge in [-0.2, -0.15) is 0 Å². The summed E-state index contributed by atoms with van der Waals surface area (Å²) < 4.78 is 14.6. The van der Waals surface area contributed by atoms with Crippen LogP contribution < -0.4 is 0 Å². The summed E-state index contributed by atoms with van der Waals surface area (Å²) in [5.41, 5.74) is 0. The summed E-state index contributed by atoms with van der Waals surface area (Å²) in [6.45, 7) is -0.0581. The van der Waals surface area contributed by atoms with Crippen LogP contribution >= 0.6 is 0 Å². The second-order valence-corrected chi connectivity index (χ2v) is 4.95. The highest BCUT2D eigenvalue weighted by molar-refractivity contribution is 5.06. The first-order chi connectivity index (χ1) is 8.72. The molecule has 1 aliphatic carbocycles. The first-order valence-corrected chi connectivity index (χ1v) is 6.44. The number of rotatable bonds is 5. The molecule has 1 aromatic rings. The SMILES string of the molecule is O=[N+]([O-])c1nccn1CC(CF)C1CCCCC1. The normalized spacial score (nSPS) is 18.7. The van der Waals surface area contributed by atoms with E-state index in [2.05, 4.69) is 4.98 Å². The molecule has 1 aliphatic rings. The molecule has 100 valence electrons. The Labute approximate surface area is 105 Å². The van der Waals surface area contributed by atoms with Gasteiger partial charge in [0.25, 0.3) is 0 Å². The molecule has 1 aromatic heterocycles. The molecule has 0 bridgehead atoms. The van der Waals surface area contributed by atoms with Crippen molar-refractivity contribution in [2.24, 2.45) is 11.8 Å². The van der Waals surface area contributed by atoms with Gasteiger partial charge >= 0.3 is 5.95 Å². The van der Waals surface area contributed by atoms with Gasteiger partial charge < -0.3 is 10.1 Å². The molecule has 0 saturated heterocycles. The highest BCUT2D eigenvalue weighted by Gasteiger charge is 2.27. The molecule has 1 atom stereocenters. The van der Waals surface area contributed by atoms with E-state index in [9.17, 15) is 14.5 Å². The minimum Gasteiger partial charge on any atom is -0.390 e. The number of hydrogen-bond donors (Lipinski definition) is 0. The molecule has 1 heterocycles. The van der Waals surface area contributed by atoms with Gasteiger partial charge in [0, 0.05) is 5.92 Å². The molecule has 1 fully saturated rings. The van der Waals surface area contributed by atoms with Crippen LogP contribution in [0.25, 0.3) is 0 Å². The lowest BCUT2D eigenvalue weighted by Crippen LogP contribution is -2.24. The fourth-order valence-corrected chi connectivity index (χ4v) is 2.80. The van der Waals surface area contributed by atoms with Gasteiger partial charge in [0.1, 0.15) is 12.4 Å². The van der Waals surface area contributed by atoms with E-state index in [1.807, 2.05) is 0 Å². The molecule has 6 heteroatoms. The maximum Gasteiger partial charge on any atom is 0.434 e. The van der Waals surface area contributed by atoms with E-state index < -0.39 is 11.6 Å². The summed E-state index contributed by atoms with van der Waals surface area (Å²) in [6, 6.07) is 0. The van der Waals surface area contributed by atoms with E-state index >= 15 is 0 Å². The van der Waals surface area contributed by atoms with Crippen molar-refractivity contribution in [2.75, 3.05) is 6.67 Å². The average Bonchev–Trinajstić information content (AvgIpc) is 2.85. The van der Waals surface area contributed by atoms with Gasteiger partial charge in [-0.25, -0.2) is 4.57 Å². The molecule has 5 nitrogen and oxygen atoms in total. The molecule has 0 N–H and O–H groups in total. The first kappa shape index (κ1) is 13.0. The van der Waals surface area contributed by atoms with Crippen LogP contribution in [0.15, 0.2) is 12.4 Å². The summed E-state index contributed by atoms with van der Waals surface area (Å²) in [6.07, 6.45) is 8.55. The van der Waals surface area contributed by atoms with Crippen LogP contribution in [0.4, 0.5) is 10.3 Å². The Hall–Kier alpha value is -1.46. The van der Waals surface area contributed by atoms with Crippen molar-refractivity contribution >= 4 is 5.95 Å². The van der Waals surface area contributed by atoms with Gasteiger partial charge in [0.15, 0.2) is 0 Å². The molecule has 0 spiro atoms. The second-order valence-electron chi connectivity index (χ2n) is 4.95. The smallest absolute Gasteiger partial charge is 0.390 e. The maximum absolute atomic E-state index is 13.2. The monoisotopic (exact) mass is 255 g/mol. The minimum absolute atomic E-state index is 0.127. The summed E-state index contributed by atoms with van der Waals surface area (Å²) in [5.74, 6) is 0.0354. The van der Waals surface area contributed by atoms with Crippen LogP contribution in [0.5, 0.6) is 0 Å². The van der Waals surface area contributed by atoms with E-state index in [1.165, 1.54) is 17.2 Å². The van der Waals surface area contributed by atoms with Crippen molar-refractivity contribution in [1.82, 2.24) is 9.55 Å². The van der Waals surface area contributed by atoms with Crippen molar-refractivity contribution < 1.29 is 9.31 Å². The predicted octanol–water partition coefficient (Wildman–Crippen LogP) is 2.96. The summed E-state index contributed by atoms with van der Waals surface area (Å²) >= 11 is 0. The van der Waals surface area contributed by atoms with Crippen molar-refractivity contribution in [3.8, 4) is 0 Å². The Bertz CT molecular complexity index is 402. The van der Waals surface area contributed by atoms with E-state index in [0.717, 1.165) is 25.7 Å². The molecule has 2 rings (SSSR count). The van der Waals surface area contributed by atoms with Crippen molar-refractivity contribution in [3.63, 3.8) is 0 Å². The summed E-state index contributed by atoms with van der Waals surface area (Å²) in [7, 11) is 0. The minimum atomic E-state index is -0.518. The van der Waals surface area contributed by atoms with Crippen molar-refractivity contribution in [1.29, 1.82) is 0 Å². The van der Waals surface area contributed by atoms with E-state index in [1.54, 1.807) is 6.20 Å². The van der Waals surface area contributed by atoms with Crippen LogP contribution in [-0.2, 0) is 6.54 Å². The standard InChI is InChI=1S/C12H18FN3O2/c13-8-11(10-4-2-1-3-5-10)9-15-7-6-14-12(15)16(17)18/h6-7,10-11H,1-5,8-9H2. The maximum atomic E-state index is 13.2. The Morgan fingerprint density at radius 2 is 2.22 bits per heavy atom. The van der Waals surface area contributed by atoms with Gasteiger partial charge in [-0.3, -0.25) is 4.39 Å². The summed E-state index contributed by atoms with van der Waals surface area (Å²) in [4.78, 5) is 13.9. The Morgan fingerprint density at radius 3 is 2.83 bits per heavy atom. The quantitative estimate of drug-likeness (QED) is 0.600. The molecule has 1 saturated carbocycles. The lowest BCUT2D eigenvalue weighted by atomic mass is 9.80. The van der Waals surface area contributed by atoms with Crippen LogP contribution in [0.1, 0.15) is 32.1 Å². The van der Waals surface area contributed by atoms with Crippen LogP contribution in [0.2, 0.25) is 0 Å². The van der Waals surface area contributed by atoms with Crippen LogP contribution in [0.3, 0.4) is 0 Å². The van der Waals surface area contributed by atoms with Gasteiger partial charge in [-0.15, -0.1) is 0 Å². The third-order valence-corrected chi connectivity index (χ3v) is 3.80. The third-order valence-electron chi connectivity index (χ3n) is 3.80. The Morgan fingerprint density at radius 1 is 1.50 bits per heavy atom.